The van der Waals surface area contributed by atoms with Gasteiger partial charge in [-0.25, -0.2) is 4.79 Å². The van der Waals surface area contributed by atoms with Crippen LogP contribution in [-0.4, -0.2) is 31.3 Å². The van der Waals surface area contributed by atoms with Crippen LogP contribution < -0.4 is 61.9 Å². The van der Waals surface area contributed by atoms with Gasteiger partial charge in [-0.15, -0.1) is 0 Å². The van der Waals surface area contributed by atoms with Crippen LogP contribution in [0.2, 0.25) is 0 Å². The molecule has 0 aliphatic heterocycles. The van der Waals surface area contributed by atoms with Crippen LogP contribution in [0.25, 0.3) is 11.0 Å². The average molecular weight is 553 g/mol. The molecule has 0 fully saturated rings. The van der Waals surface area contributed by atoms with E-state index in [-0.39, 0.29) is 76.8 Å². The number of nitrogens with zero attached hydrogens (tertiary/aromatic N) is 3. The summed E-state index contributed by atoms with van der Waals surface area (Å²) >= 11 is 0. The Morgan fingerprint density at radius 3 is 2.05 bits per heavy atom. The molecule has 1 N–H and O–H groups in total. The van der Waals surface area contributed by atoms with Crippen LogP contribution in [-0.2, 0) is 16.0 Å². The summed E-state index contributed by atoms with van der Waals surface area (Å²) in [4.78, 5) is 35.7. The van der Waals surface area contributed by atoms with Crippen LogP contribution in [0.5, 0.6) is 5.75 Å². The van der Waals surface area contributed by atoms with Crippen molar-refractivity contribution in [3.63, 3.8) is 0 Å². The van der Waals surface area contributed by atoms with Gasteiger partial charge in [0.25, 0.3) is 0 Å². The van der Waals surface area contributed by atoms with Crippen LogP contribution >= 0.6 is 0 Å². The van der Waals surface area contributed by atoms with E-state index in [2.05, 4.69) is 10.2 Å². The van der Waals surface area contributed by atoms with Crippen LogP contribution in [0, 0.1) is 14.4 Å². The fourth-order valence-corrected chi connectivity index (χ4v) is 3.44. The number of anilines is 1. The molecule has 0 aliphatic rings. The first-order chi connectivity index (χ1) is 17.7. The van der Waals surface area contributed by atoms with E-state index in [0.717, 1.165) is 22.3 Å². The first-order valence-electron chi connectivity index (χ1n) is 11.7. The summed E-state index contributed by atoms with van der Waals surface area (Å²) in [6, 6.07) is 19.2. The van der Waals surface area contributed by atoms with Crippen molar-refractivity contribution < 1.29 is 70.5 Å². The number of aromatic hydroxyl groups is 1. The van der Waals surface area contributed by atoms with Crippen LogP contribution in [0.3, 0.4) is 0 Å². The van der Waals surface area contributed by atoms with Gasteiger partial charge in [0, 0.05) is 49.6 Å². The molecule has 0 amide bonds. The molecule has 0 saturated carbocycles. The number of aryl methyl sites for hydroxylation is 1. The molecule has 8 nitrogen and oxygen atoms in total. The summed E-state index contributed by atoms with van der Waals surface area (Å²) in [5.41, 5.74) is 4.09. The van der Waals surface area contributed by atoms with E-state index in [1.807, 2.05) is 49.5 Å². The SMILES string of the molecule is CCC(=O)Cc1c(C)c2ccc(O)cc2oc1=O.CN(C)c1ccc(N=Nc2ccc([C-]=O)cc2)cc1.[CH3-].[K+]. The number of hydrogen-bond donors (Lipinski definition) is 1. The van der Waals surface area contributed by atoms with E-state index >= 15 is 0 Å². The molecule has 39 heavy (non-hydrogen) atoms. The Bertz CT molecular complexity index is 1480. The predicted molar refractivity (Wildman–Crippen MR) is 150 cm³/mol. The van der Waals surface area contributed by atoms with Gasteiger partial charge in [0.2, 0.25) is 0 Å². The second-order valence-electron chi connectivity index (χ2n) is 8.50. The summed E-state index contributed by atoms with van der Waals surface area (Å²) in [5.74, 6) is 0.0472. The van der Waals surface area contributed by atoms with Crippen molar-refractivity contribution in [3.8, 4) is 5.75 Å². The van der Waals surface area contributed by atoms with Crippen molar-refractivity contribution in [3.05, 3.63) is 101 Å². The van der Waals surface area contributed by atoms with Crippen molar-refractivity contribution in [2.24, 2.45) is 10.2 Å². The van der Waals surface area contributed by atoms with Crippen molar-refractivity contribution in [2.45, 2.75) is 26.7 Å². The number of carbonyl (C=O) groups excluding carboxylic acids is 2. The van der Waals surface area contributed by atoms with Gasteiger partial charge in [-0.1, -0.05) is 19.1 Å². The van der Waals surface area contributed by atoms with E-state index in [1.54, 1.807) is 44.2 Å². The topological polar surface area (TPSA) is 113 Å². The molecule has 198 valence electrons. The van der Waals surface area contributed by atoms with Gasteiger partial charge >= 0.3 is 57.0 Å². The molecule has 1 heterocycles. The molecule has 0 atom stereocenters. The third-order valence-corrected chi connectivity index (χ3v) is 5.67. The first kappa shape index (κ1) is 34.1. The molecule has 0 bridgehead atoms. The molecule has 9 heteroatoms. The van der Waals surface area contributed by atoms with Gasteiger partial charge in [0.1, 0.15) is 17.1 Å². The molecular formula is C30H31KN3O5-. The van der Waals surface area contributed by atoms with Crippen molar-refractivity contribution >= 4 is 40.1 Å². The summed E-state index contributed by atoms with van der Waals surface area (Å²) in [6.07, 6.45) is 2.31. The van der Waals surface area contributed by atoms with Crippen LogP contribution in [0.4, 0.5) is 17.1 Å². The van der Waals surface area contributed by atoms with Crippen molar-refractivity contribution in [1.29, 1.82) is 0 Å². The number of hydrogen-bond acceptors (Lipinski definition) is 8. The fraction of sp³-hybridized carbons (Fsp3) is 0.200. The minimum atomic E-state index is -0.507. The Labute approximate surface area is 271 Å². The van der Waals surface area contributed by atoms with E-state index in [9.17, 15) is 19.5 Å². The fourth-order valence-electron chi connectivity index (χ4n) is 3.44. The Kier molecular flexibility index (Phi) is 14.2. The zero-order valence-corrected chi connectivity index (χ0v) is 26.3. The number of ketones is 1. The van der Waals surface area contributed by atoms with Gasteiger partial charge in [0.15, 0.2) is 0 Å². The largest absolute Gasteiger partial charge is 1.00 e. The average Bonchev–Trinajstić information content (AvgIpc) is 2.90. The molecular weight excluding hydrogens is 521 g/mol. The molecule has 4 aromatic rings. The van der Waals surface area contributed by atoms with Gasteiger partial charge in [-0.3, -0.25) is 4.79 Å². The minimum absolute atomic E-state index is 0. The maximum Gasteiger partial charge on any atom is 1.00 e. The van der Waals surface area contributed by atoms with Crippen LogP contribution in [0.15, 0.2) is 86.2 Å². The first-order valence-corrected chi connectivity index (χ1v) is 11.7. The number of azo groups is 1. The van der Waals surface area contributed by atoms with Crippen LogP contribution in [0.1, 0.15) is 30.0 Å². The molecule has 1 aromatic heterocycles. The number of phenols is 1. The van der Waals surface area contributed by atoms with Gasteiger partial charge in [-0.05, 0) is 48.9 Å². The van der Waals surface area contributed by atoms with Gasteiger partial charge < -0.3 is 26.6 Å². The number of Topliss-reactive ketones (excluding diaryl/α,β-unsaturated/α-hetero) is 1. The van der Waals surface area contributed by atoms with Gasteiger partial charge in [-0.2, -0.15) is 27.9 Å². The van der Waals surface area contributed by atoms with E-state index in [4.69, 9.17) is 4.42 Å². The summed E-state index contributed by atoms with van der Waals surface area (Å²) < 4.78 is 5.13. The smallest absolute Gasteiger partial charge is 0.508 e. The normalized spacial score (nSPS) is 10.2. The molecule has 0 spiro atoms. The zero-order valence-electron chi connectivity index (χ0n) is 23.2. The maximum atomic E-state index is 11.8. The Morgan fingerprint density at radius 2 is 1.54 bits per heavy atom. The van der Waals surface area contributed by atoms with Gasteiger partial charge in [0.05, 0.1) is 17.7 Å². The molecule has 4 rings (SSSR count). The standard InChI is InChI=1S/C15H14N3O.C14H14O4.CH3.K/c1-18(2)15-9-7-14(8-10-15)17-16-13-5-3-12(11-19)4-6-13;1-3-9(15)6-12-8(2)11-5-4-10(16)7-13(11)18-14(12)17;;/h3-10H,1-2H3;4-5,7,16H,3,6H2,1-2H3;1H3;/q-1;;-1;+1. The second kappa shape index (κ2) is 16.2. The number of phenolic OH excluding ortho intramolecular Hbond substituents is 1. The molecule has 0 unspecified atom stereocenters. The molecule has 0 radical (unpaired) electrons. The predicted octanol–water partition coefficient (Wildman–Crippen LogP) is 3.41. The molecule has 0 saturated heterocycles. The summed E-state index contributed by atoms with van der Waals surface area (Å²) in [6.45, 7) is 3.55. The van der Waals surface area contributed by atoms with E-state index in [1.165, 1.54) is 12.1 Å². The number of benzene rings is 3. The minimum Gasteiger partial charge on any atom is -0.508 e. The van der Waals surface area contributed by atoms with E-state index in [0.29, 0.717) is 28.8 Å². The Hall–Kier alpha value is -2.95. The van der Waals surface area contributed by atoms with E-state index < -0.39 is 5.63 Å². The number of fused-ring (bicyclic) bond motifs is 1. The second-order valence-corrected chi connectivity index (χ2v) is 8.50. The third kappa shape index (κ3) is 9.63. The third-order valence-electron chi connectivity index (χ3n) is 5.67. The zero-order chi connectivity index (χ0) is 26.9. The Morgan fingerprint density at radius 1 is 0.974 bits per heavy atom. The molecule has 3 aromatic carbocycles. The maximum absolute atomic E-state index is 11.8. The summed E-state index contributed by atoms with van der Waals surface area (Å²) in [7, 11) is 3.98. The number of rotatable bonds is 7. The molecule has 0 aliphatic carbocycles. The number of carbonyl (C=O) groups is 1. The Balaban J connectivity index is 0.000000371. The summed E-state index contributed by atoms with van der Waals surface area (Å²) in [5, 5.41) is 18.3. The monoisotopic (exact) mass is 552 g/mol. The van der Waals surface area contributed by atoms with Crippen molar-refractivity contribution in [1.82, 2.24) is 0 Å². The van der Waals surface area contributed by atoms with Crippen molar-refractivity contribution in [2.75, 3.05) is 19.0 Å². The quantitative estimate of drug-likeness (QED) is 0.163.